The van der Waals surface area contributed by atoms with E-state index in [9.17, 15) is 4.79 Å². The van der Waals surface area contributed by atoms with E-state index < -0.39 is 0 Å². The summed E-state index contributed by atoms with van der Waals surface area (Å²) in [6.07, 6.45) is 9.37. The Bertz CT molecular complexity index is 249. The largest absolute Gasteiger partial charge is 0.309 e. The van der Waals surface area contributed by atoms with Crippen molar-refractivity contribution in [2.45, 2.75) is 59.8 Å². The fraction of sp³-hybridized carbons (Fsp3) is 0.812. The summed E-state index contributed by atoms with van der Waals surface area (Å²) in [6, 6.07) is 0. The molecule has 0 aliphatic heterocycles. The van der Waals surface area contributed by atoms with E-state index in [1.165, 1.54) is 0 Å². The number of rotatable bonds is 11. The molecule has 0 fully saturated rings. The van der Waals surface area contributed by atoms with Gasteiger partial charge in [-0.3, -0.25) is 4.79 Å². The number of hydrogen-bond acceptors (Lipinski definition) is 1. The lowest BCUT2D eigenvalue weighted by Crippen LogP contribution is -2.54. The molecule has 0 saturated heterocycles. The summed E-state index contributed by atoms with van der Waals surface area (Å²) in [5, 5.41) is 3.09. The topological polar surface area (TPSA) is 29.1 Å². The Morgan fingerprint density at radius 2 is 1.63 bits per heavy atom. The number of quaternary nitrogens is 1. The number of allylic oxidation sites excluding steroid dienone is 2. The molecule has 0 unspecified atom stereocenters. The summed E-state index contributed by atoms with van der Waals surface area (Å²) in [4.78, 5) is 11.8. The van der Waals surface area contributed by atoms with Crippen LogP contribution in [-0.4, -0.2) is 36.7 Å². The Morgan fingerprint density at radius 1 is 1.00 bits per heavy atom. The number of nitrogens with one attached hydrogen (secondary N) is 1. The van der Waals surface area contributed by atoms with Gasteiger partial charge in [0.25, 0.3) is 0 Å². The average molecular weight is 269 g/mol. The van der Waals surface area contributed by atoms with E-state index in [1.807, 2.05) is 0 Å². The van der Waals surface area contributed by atoms with Crippen molar-refractivity contribution in [3.05, 3.63) is 12.2 Å². The number of carbonyl (C=O) groups excluding carboxylic acids is 1. The second kappa shape index (κ2) is 11.0. The third kappa shape index (κ3) is 8.04. The van der Waals surface area contributed by atoms with Crippen LogP contribution in [0.4, 0.5) is 0 Å². The van der Waals surface area contributed by atoms with E-state index in [4.69, 9.17) is 0 Å². The fourth-order valence-corrected chi connectivity index (χ4v) is 2.18. The molecule has 0 atom stereocenters. The first-order chi connectivity index (χ1) is 9.14. The lowest BCUT2D eigenvalue weighted by atomic mass is 10.2. The van der Waals surface area contributed by atoms with Gasteiger partial charge in [-0.2, -0.15) is 0 Å². The second-order valence-corrected chi connectivity index (χ2v) is 5.17. The minimum absolute atomic E-state index is 0.206. The predicted octanol–water partition coefficient (Wildman–Crippen LogP) is 3.46. The van der Waals surface area contributed by atoms with Gasteiger partial charge in [-0.15, -0.1) is 0 Å². The molecule has 3 nitrogen and oxygen atoms in total. The van der Waals surface area contributed by atoms with Crippen LogP contribution in [-0.2, 0) is 4.79 Å². The molecule has 0 radical (unpaired) electrons. The zero-order valence-electron chi connectivity index (χ0n) is 13.4. The first kappa shape index (κ1) is 18.2. The Balaban J connectivity index is 3.77. The molecule has 0 aliphatic rings. The Morgan fingerprint density at radius 3 is 2.16 bits per heavy atom. The Labute approximate surface area is 119 Å². The van der Waals surface area contributed by atoms with Gasteiger partial charge in [0.1, 0.15) is 0 Å². The van der Waals surface area contributed by atoms with Gasteiger partial charge in [0.05, 0.1) is 19.6 Å². The summed E-state index contributed by atoms with van der Waals surface area (Å²) in [7, 11) is 0. The number of unbranched alkanes of at least 4 members (excludes halogenated alkanes) is 2. The summed E-state index contributed by atoms with van der Waals surface area (Å²) in [6.45, 7) is 12.7. The minimum Gasteiger partial charge on any atom is -0.309 e. The van der Waals surface area contributed by atoms with Gasteiger partial charge in [0.2, 0.25) is 5.91 Å². The highest BCUT2D eigenvalue weighted by atomic mass is 16.1. The number of nitrogens with zero attached hydrogens (tertiary/aromatic N) is 1. The molecular formula is C16H33N2O+. The third-order valence-electron chi connectivity index (χ3n) is 4.05. The molecule has 0 aliphatic carbocycles. The summed E-state index contributed by atoms with van der Waals surface area (Å²) < 4.78 is 0.977. The van der Waals surface area contributed by atoms with E-state index >= 15 is 0 Å². The van der Waals surface area contributed by atoms with Crippen LogP contribution in [0.1, 0.15) is 59.8 Å². The highest BCUT2D eigenvalue weighted by molar-refractivity contribution is 5.75. The molecule has 19 heavy (non-hydrogen) atoms. The monoisotopic (exact) mass is 269 g/mol. The van der Waals surface area contributed by atoms with E-state index in [2.05, 4.69) is 45.2 Å². The van der Waals surface area contributed by atoms with Crippen molar-refractivity contribution < 1.29 is 9.28 Å². The van der Waals surface area contributed by atoms with E-state index in [0.717, 1.165) is 56.5 Å². The fourth-order valence-electron chi connectivity index (χ4n) is 2.18. The molecule has 112 valence electrons. The van der Waals surface area contributed by atoms with Crippen LogP contribution in [0.5, 0.6) is 0 Å². The van der Waals surface area contributed by atoms with Gasteiger partial charge in [-0.05, 0) is 46.5 Å². The average Bonchev–Trinajstić information content (AvgIpc) is 2.45. The van der Waals surface area contributed by atoms with Crippen molar-refractivity contribution in [1.82, 2.24) is 5.32 Å². The van der Waals surface area contributed by atoms with Gasteiger partial charge < -0.3 is 9.80 Å². The first-order valence-electron chi connectivity index (χ1n) is 7.90. The zero-order chi connectivity index (χ0) is 14.6. The van der Waals surface area contributed by atoms with Crippen LogP contribution >= 0.6 is 0 Å². The number of hydrogen-bond donors (Lipinski definition) is 1. The van der Waals surface area contributed by atoms with Crippen LogP contribution in [0, 0.1) is 0 Å². The molecule has 3 heteroatoms. The highest BCUT2D eigenvalue weighted by Gasteiger charge is 2.20. The second-order valence-electron chi connectivity index (χ2n) is 5.17. The molecule has 0 heterocycles. The third-order valence-corrected chi connectivity index (χ3v) is 4.05. The summed E-state index contributed by atoms with van der Waals surface area (Å²) >= 11 is 0. The normalized spacial score (nSPS) is 12.0. The molecule has 0 saturated carbocycles. The maximum absolute atomic E-state index is 11.8. The van der Waals surface area contributed by atoms with Crippen molar-refractivity contribution >= 4 is 5.91 Å². The highest BCUT2D eigenvalue weighted by Crippen LogP contribution is 2.05. The van der Waals surface area contributed by atoms with Gasteiger partial charge in [-0.25, -0.2) is 0 Å². The molecular weight excluding hydrogens is 236 g/mol. The van der Waals surface area contributed by atoms with Gasteiger partial charge in [0, 0.05) is 6.42 Å². The standard InChI is InChI=1S/C16H32N2O/c1-5-9-10-11-12-13-14-16(19)17-15-18(6-2,7-3)8-4/h9-10H,5-8,11-15H2,1-4H3/p+1/b10-9+. The molecule has 0 bridgehead atoms. The van der Waals surface area contributed by atoms with Crippen molar-refractivity contribution in [1.29, 1.82) is 0 Å². The van der Waals surface area contributed by atoms with Crippen LogP contribution in [0.15, 0.2) is 12.2 Å². The van der Waals surface area contributed by atoms with Crippen LogP contribution < -0.4 is 5.32 Å². The molecule has 0 rings (SSSR count). The van der Waals surface area contributed by atoms with Crippen molar-refractivity contribution in [3.8, 4) is 0 Å². The molecule has 0 aromatic carbocycles. The molecule has 1 amide bonds. The van der Waals surface area contributed by atoms with E-state index in [-0.39, 0.29) is 5.91 Å². The molecule has 0 spiro atoms. The maximum Gasteiger partial charge on any atom is 0.224 e. The van der Waals surface area contributed by atoms with Crippen LogP contribution in [0.3, 0.4) is 0 Å². The van der Waals surface area contributed by atoms with Crippen LogP contribution in [0.2, 0.25) is 0 Å². The minimum atomic E-state index is 0.206. The quantitative estimate of drug-likeness (QED) is 0.265. The predicted molar refractivity (Wildman–Crippen MR) is 82.8 cm³/mol. The first-order valence-corrected chi connectivity index (χ1v) is 7.90. The van der Waals surface area contributed by atoms with Crippen molar-refractivity contribution in [2.24, 2.45) is 0 Å². The van der Waals surface area contributed by atoms with Crippen molar-refractivity contribution in [2.75, 3.05) is 26.3 Å². The maximum atomic E-state index is 11.8. The molecule has 0 aromatic heterocycles. The van der Waals surface area contributed by atoms with E-state index in [0.29, 0.717) is 6.42 Å². The number of carbonyl (C=O) groups is 1. The van der Waals surface area contributed by atoms with Gasteiger partial charge >= 0.3 is 0 Å². The summed E-state index contributed by atoms with van der Waals surface area (Å²) in [5.74, 6) is 0.206. The Kier molecular flexibility index (Phi) is 10.6. The lowest BCUT2D eigenvalue weighted by molar-refractivity contribution is -0.924. The SMILES string of the molecule is CC/C=C/CCCCC(=O)NC[N+](CC)(CC)CC. The van der Waals surface area contributed by atoms with Crippen molar-refractivity contribution in [3.63, 3.8) is 0 Å². The Hall–Kier alpha value is -0.830. The summed E-state index contributed by atoms with van der Waals surface area (Å²) in [5.41, 5.74) is 0. The zero-order valence-corrected chi connectivity index (χ0v) is 13.4. The lowest BCUT2D eigenvalue weighted by Gasteiger charge is -2.35. The van der Waals surface area contributed by atoms with Gasteiger partial charge in [-0.1, -0.05) is 19.1 Å². The van der Waals surface area contributed by atoms with Gasteiger partial charge in [0.15, 0.2) is 6.67 Å². The molecule has 0 aromatic rings. The van der Waals surface area contributed by atoms with Crippen LogP contribution in [0.25, 0.3) is 0 Å². The smallest absolute Gasteiger partial charge is 0.224 e. The molecule has 1 N–H and O–H groups in total. The number of amides is 1. The van der Waals surface area contributed by atoms with E-state index in [1.54, 1.807) is 0 Å².